The molecule has 3 aromatic rings. The summed E-state index contributed by atoms with van der Waals surface area (Å²) in [4.78, 5) is 10.5. The molecule has 1 aromatic carbocycles. The second kappa shape index (κ2) is 7.47. The summed E-state index contributed by atoms with van der Waals surface area (Å²) in [6.45, 7) is 0.769. The van der Waals surface area contributed by atoms with Gasteiger partial charge < -0.3 is 19.5 Å². The lowest BCUT2D eigenvalue weighted by molar-refractivity contribution is 0.415. The molecule has 0 amide bonds. The number of hydrogen-bond donors (Lipinski definition) is 1. The highest BCUT2D eigenvalue weighted by molar-refractivity contribution is 7.91. The zero-order valence-corrected chi connectivity index (χ0v) is 16.0. The minimum atomic E-state index is -2.95. The summed E-state index contributed by atoms with van der Waals surface area (Å²) in [7, 11) is -1.34. The molecule has 10 heteroatoms. The Hall–Kier alpha value is -3.14. The van der Waals surface area contributed by atoms with Crippen LogP contribution in [0.25, 0.3) is 11.3 Å². The summed E-state index contributed by atoms with van der Waals surface area (Å²) in [5.74, 6) is 2.45. The predicted octanol–water partition coefficient (Wildman–Crippen LogP) is 2.12. The molecule has 146 valence electrons. The highest BCUT2D eigenvalue weighted by Gasteiger charge is 2.23. The van der Waals surface area contributed by atoms with Crippen LogP contribution < -0.4 is 15.0 Å². The van der Waals surface area contributed by atoms with E-state index in [-0.39, 0.29) is 11.5 Å². The molecule has 4 rings (SSSR count). The summed E-state index contributed by atoms with van der Waals surface area (Å²) in [5, 5.41) is 7.13. The number of nitrogens with one attached hydrogen (secondary N) is 1. The Morgan fingerprint density at radius 3 is 2.61 bits per heavy atom. The molecule has 1 aliphatic rings. The van der Waals surface area contributed by atoms with E-state index in [4.69, 9.17) is 9.26 Å². The first-order valence-corrected chi connectivity index (χ1v) is 10.5. The molecule has 1 fully saturated rings. The monoisotopic (exact) mass is 401 g/mol. The zero-order valence-electron chi connectivity index (χ0n) is 15.2. The van der Waals surface area contributed by atoms with Crippen molar-refractivity contribution in [2.75, 3.05) is 41.9 Å². The van der Waals surface area contributed by atoms with Crippen molar-refractivity contribution in [1.82, 2.24) is 15.1 Å². The Morgan fingerprint density at radius 2 is 1.89 bits per heavy atom. The van der Waals surface area contributed by atoms with Crippen LogP contribution in [0.2, 0.25) is 0 Å². The summed E-state index contributed by atoms with van der Waals surface area (Å²) in [6.07, 6.45) is 1.62. The number of hydrogen-bond acceptors (Lipinski definition) is 9. The predicted molar refractivity (Wildman–Crippen MR) is 105 cm³/mol. The third-order valence-corrected chi connectivity index (χ3v) is 6.03. The minimum Gasteiger partial charge on any atom is -0.497 e. The van der Waals surface area contributed by atoms with E-state index in [0.717, 1.165) is 11.3 Å². The van der Waals surface area contributed by atoms with Gasteiger partial charge in [-0.05, 0) is 30.3 Å². The van der Waals surface area contributed by atoms with Crippen LogP contribution in [-0.4, -0.2) is 55.2 Å². The third-order valence-electron chi connectivity index (χ3n) is 4.42. The fourth-order valence-corrected chi connectivity index (χ4v) is 4.04. The molecule has 1 N–H and O–H groups in total. The van der Waals surface area contributed by atoms with E-state index in [1.165, 1.54) is 0 Å². The maximum absolute atomic E-state index is 11.6. The van der Waals surface area contributed by atoms with Crippen molar-refractivity contribution >= 4 is 27.5 Å². The van der Waals surface area contributed by atoms with Gasteiger partial charge in [0, 0.05) is 30.9 Å². The van der Waals surface area contributed by atoms with Crippen molar-refractivity contribution in [2.45, 2.75) is 0 Å². The van der Waals surface area contributed by atoms with E-state index in [0.29, 0.717) is 36.4 Å². The Balaban J connectivity index is 1.47. The first kappa shape index (κ1) is 18.2. The molecule has 9 nitrogen and oxygen atoms in total. The molecule has 0 radical (unpaired) electrons. The van der Waals surface area contributed by atoms with Gasteiger partial charge in [0.25, 0.3) is 0 Å². The molecule has 1 saturated heterocycles. The molecule has 0 saturated carbocycles. The third kappa shape index (κ3) is 4.06. The van der Waals surface area contributed by atoms with Gasteiger partial charge in [0.2, 0.25) is 11.8 Å². The number of ether oxygens (including phenoxy) is 1. The molecule has 0 spiro atoms. The fourth-order valence-electron chi connectivity index (χ4n) is 2.84. The van der Waals surface area contributed by atoms with E-state index in [2.05, 4.69) is 20.4 Å². The lowest BCUT2D eigenvalue weighted by atomic mass is 10.1. The van der Waals surface area contributed by atoms with E-state index < -0.39 is 9.84 Å². The van der Waals surface area contributed by atoms with Gasteiger partial charge in [-0.3, -0.25) is 0 Å². The lowest BCUT2D eigenvalue weighted by Crippen LogP contribution is -2.41. The van der Waals surface area contributed by atoms with Gasteiger partial charge in [0.15, 0.2) is 9.84 Å². The maximum Gasteiger partial charge on any atom is 0.230 e. The van der Waals surface area contributed by atoms with Crippen molar-refractivity contribution in [3.05, 3.63) is 42.6 Å². The molecule has 0 atom stereocenters. The SMILES string of the molecule is COc1ccc(-c2cc(Nc3ccnc(N4CCS(=O)(=O)CC4)n3)on2)cc1. The van der Waals surface area contributed by atoms with Crippen LogP contribution >= 0.6 is 0 Å². The van der Waals surface area contributed by atoms with Gasteiger partial charge in [-0.1, -0.05) is 5.16 Å². The summed E-state index contributed by atoms with van der Waals surface area (Å²) in [5.41, 5.74) is 1.58. The number of rotatable bonds is 5. The van der Waals surface area contributed by atoms with Crippen LogP contribution in [0.5, 0.6) is 5.75 Å². The number of sulfone groups is 1. The highest BCUT2D eigenvalue weighted by atomic mass is 32.2. The Kier molecular flexibility index (Phi) is 4.86. The number of methoxy groups -OCH3 is 1. The van der Waals surface area contributed by atoms with Gasteiger partial charge in [-0.25, -0.2) is 13.4 Å². The molecular formula is C18H19N5O4S. The molecule has 3 heterocycles. The lowest BCUT2D eigenvalue weighted by Gasteiger charge is -2.26. The van der Waals surface area contributed by atoms with Crippen LogP contribution in [0.15, 0.2) is 47.1 Å². The average molecular weight is 401 g/mol. The fraction of sp³-hybridized carbons (Fsp3) is 0.278. The smallest absolute Gasteiger partial charge is 0.230 e. The standard InChI is InChI=1S/C18H19N5O4S/c1-26-14-4-2-13(3-5-14)15-12-17(27-22-15)20-16-6-7-19-18(21-16)23-8-10-28(24,25)11-9-23/h2-7,12H,8-11H2,1H3,(H,19,20,21). The Bertz CT molecular complexity index is 1050. The second-order valence-corrected chi connectivity index (χ2v) is 8.61. The first-order valence-electron chi connectivity index (χ1n) is 8.69. The van der Waals surface area contributed by atoms with Gasteiger partial charge in [-0.15, -0.1) is 0 Å². The largest absolute Gasteiger partial charge is 0.497 e. The molecule has 28 heavy (non-hydrogen) atoms. The molecule has 0 unspecified atom stereocenters. The topological polar surface area (TPSA) is 110 Å². The first-order chi connectivity index (χ1) is 13.5. The van der Waals surface area contributed by atoms with Crippen LogP contribution in [0.1, 0.15) is 0 Å². The van der Waals surface area contributed by atoms with Crippen LogP contribution in [0.3, 0.4) is 0 Å². The van der Waals surface area contributed by atoms with Crippen molar-refractivity contribution in [3.8, 4) is 17.0 Å². The molecule has 0 bridgehead atoms. The van der Waals surface area contributed by atoms with E-state index >= 15 is 0 Å². The van der Waals surface area contributed by atoms with Crippen molar-refractivity contribution in [2.24, 2.45) is 0 Å². The quantitative estimate of drug-likeness (QED) is 0.687. The van der Waals surface area contributed by atoms with E-state index in [1.807, 2.05) is 29.2 Å². The van der Waals surface area contributed by atoms with Gasteiger partial charge in [0.1, 0.15) is 17.3 Å². The minimum absolute atomic E-state index is 0.112. The summed E-state index contributed by atoms with van der Waals surface area (Å²) >= 11 is 0. The van der Waals surface area contributed by atoms with Gasteiger partial charge in [-0.2, -0.15) is 4.98 Å². The van der Waals surface area contributed by atoms with Crippen molar-refractivity contribution in [3.63, 3.8) is 0 Å². The Morgan fingerprint density at radius 1 is 1.14 bits per heavy atom. The van der Waals surface area contributed by atoms with Gasteiger partial charge >= 0.3 is 0 Å². The Labute approximate surface area is 162 Å². The zero-order chi connectivity index (χ0) is 19.6. The number of nitrogens with zero attached hydrogens (tertiary/aromatic N) is 4. The summed E-state index contributed by atoms with van der Waals surface area (Å²) < 4.78 is 33.7. The van der Waals surface area contributed by atoms with Crippen LogP contribution in [-0.2, 0) is 9.84 Å². The maximum atomic E-state index is 11.6. The summed E-state index contributed by atoms with van der Waals surface area (Å²) in [6, 6.07) is 11.0. The van der Waals surface area contributed by atoms with Gasteiger partial charge in [0.05, 0.1) is 18.6 Å². The van der Waals surface area contributed by atoms with E-state index in [9.17, 15) is 8.42 Å². The molecule has 1 aliphatic heterocycles. The number of benzene rings is 1. The van der Waals surface area contributed by atoms with E-state index in [1.54, 1.807) is 25.4 Å². The molecule has 2 aromatic heterocycles. The average Bonchev–Trinajstić information content (AvgIpc) is 3.17. The second-order valence-electron chi connectivity index (χ2n) is 6.31. The van der Waals surface area contributed by atoms with Crippen molar-refractivity contribution < 1.29 is 17.7 Å². The molecular weight excluding hydrogens is 382 g/mol. The van der Waals surface area contributed by atoms with Crippen LogP contribution in [0.4, 0.5) is 17.7 Å². The number of aromatic nitrogens is 3. The van der Waals surface area contributed by atoms with Crippen LogP contribution in [0, 0.1) is 0 Å². The number of anilines is 3. The normalized spacial score (nSPS) is 16.0. The highest BCUT2D eigenvalue weighted by Crippen LogP contribution is 2.25. The molecule has 0 aliphatic carbocycles. The van der Waals surface area contributed by atoms with Crippen molar-refractivity contribution in [1.29, 1.82) is 0 Å².